The Morgan fingerprint density at radius 1 is 0.900 bits per heavy atom. The second kappa shape index (κ2) is 13.4. The summed E-state index contributed by atoms with van der Waals surface area (Å²) in [4.78, 5) is 26.2. The summed E-state index contributed by atoms with van der Waals surface area (Å²) in [6.45, 7) is 9.09. The largest absolute Gasteiger partial charge is 0.489 e. The number of Topliss-reactive ketones (excluding diaryl/α,β-unsaturated/α-hetero) is 1. The first-order valence-corrected chi connectivity index (χ1v) is 14.2. The minimum absolute atomic E-state index is 0.227. The number of hydrogen-bond donors (Lipinski definition) is 0. The van der Waals surface area contributed by atoms with Crippen molar-refractivity contribution in [2.24, 2.45) is 0 Å². The van der Waals surface area contributed by atoms with Gasteiger partial charge < -0.3 is 9.64 Å². The quantitative estimate of drug-likeness (QED) is 0.235. The van der Waals surface area contributed by atoms with Crippen molar-refractivity contribution in [3.05, 3.63) is 108 Å². The van der Waals surface area contributed by atoms with E-state index in [1.54, 1.807) is 6.20 Å². The van der Waals surface area contributed by atoms with Crippen LogP contribution in [-0.4, -0.2) is 52.9 Å². The third-order valence-electron chi connectivity index (χ3n) is 7.58. The van der Waals surface area contributed by atoms with Gasteiger partial charge >= 0.3 is 0 Å². The fourth-order valence-electron chi connectivity index (χ4n) is 5.16. The number of hydrogen-bond acceptors (Lipinski definition) is 6. The Labute approximate surface area is 237 Å². The van der Waals surface area contributed by atoms with Crippen LogP contribution in [0.1, 0.15) is 37.0 Å². The number of ether oxygens (including phenoxy) is 1. The van der Waals surface area contributed by atoms with Gasteiger partial charge in [-0.2, -0.15) is 0 Å². The third-order valence-corrected chi connectivity index (χ3v) is 7.58. The molecule has 5 rings (SSSR count). The molecule has 2 aromatic heterocycles. The highest BCUT2D eigenvalue weighted by Crippen LogP contribution is 2.28. The molecule has 1 fully saturated rings. The standard InChI is InChI=1S/C34H38N4O2/c1-26(2)37-18-20-38(21-19-37)34-23-29(15-17-36-34)33-8-4-3-7-30(33)25-40-32-13-10-27(11-14-32)22-31(39)12-9-28-6-5-16-35-24-28/h3-8,10-11,13-17,23-24,26H,9,12,18-22,25H2,1-2H3. The second-order valence-corrected chi connectivity index (χ2v) is 10.7. The van der Waals surface area contributed by atoms with Gasteiger partial charge in [0, 0.05) is 63.7 Å². The molecule has 206 valence electrons. The van der Waals surface area contributed by atoms with Crippen molar-refractivity contribution in [2.45, 2.75) is 45.8 Å². The molecule has 0 unspecified atom stereocenters. The Balaban J connectivity index is 1.18. The number of anilines is 1. The SMILES string of the molecule is CC(C)N1CCN(c2cc(-c3ccccc3COc3ccc(CC(=O)CCc4cccnc4)cc3)ccn2)CC1. The smallest absolute Gasteiger partial charge is 0.137 e. The lowest BCUT2D eigenvalue weighted by molar-refractivity contribution is -0.118. The molecule has 2 aromatic carbocycles. The normalized spacial score (nSPS) is 13.9. The van der Waals surface area contributed by atoms with Crippen molar-refractivity contribution >= 4 is 11.6 Å². The van der Waals surface area contributed by atoms with Crippen LogP contribution in [0.2, 0.25) is 0 Å². The van der Waals surface area contributed by atoms with E-state index in [4.69, 9.17) is 4.74 Å². The molecule has 0 N–H and O–H groups in total. The van der Waals surface area contributed by atoms with E-state index in [0.717, 1.165) is 72.0 Å². The second-order valence-electron chi connectivity index (χ2n) is 10.7. The van der Waals surface area contributed by atoms with E-state index in [1.165, 1.54) is 0 Å². The minimum Gasteiger partial charge on any atom is -0.489 e. The lowest BCUT2D eigenvalue weighted by atomic mass is 10.0. The van der Waals surface area contributed by atoms with E-state index in [0.29, 0.717) is 25.5 Å². The molecule has 0 spiro atoms. The Bertz CT molecular complexity index is 1380. The zero-order valence-corrected chi connectivity index (χ0v) is 23.5. The van der Waals surface area contributed by atoms with Gasteiger partial charge in [0.25, 0.3) is 0 Å². The molecule has 1 aliphatic heterocycles. The summed E-state index contributed by atoms with van der Waals surface area (Å²) in [6, 6.07) is 25.0. The molecular formula is C34H38N4O2. The third kappa shape index (κ3) is 7.33. The number of carbonyl (C=O) groups excluding carboxylic acids is 1. The van der Waals surface area contributed by atoms with Gasteiger partial charge in [-0.1, -0.05) is 42.5 Å². The number of nitrogens with zero attached hydrogens (tertiary/aromatic N) is 4. The monoisotopic (exact) mass is 534 g/mol. The molecule has 40 heavy (non-hydrogen) atoms. The molecule has 6 heteroatoms. The molecule has 4 aromatic rings. The highest BCUT2D eigenvalue weighted by molar-refractivity contribution is 5.81. The van der Waals surface area contributed by atoms with Gasteiger partial charge in [-0.05, 0) is 78.4 Å². The van der Waals surface area contributed by atoms with Gasteiger partial charge in [-0.3, -0.25) is 14.7 Å². The number of rotatable bonds is 11. The first-order valence-electron chi connectivity index (χ1n) is 14.2. The highest BCUT2D eigenvalue weighted by Gasteiger charge is 2.20. The van der Waals surface area contributed by atoms with Crippen LogP contribution < -0.4 is 9.64 Å². The molecule has 0 aliphatic carbocycles. The number of aryl methyl sites for hydroxylation is 1. The maximum absolute atomic E-state index is 12.5. The van der Waals surface area contributed by atoms with E-state index >= 15 is 0 Å². The van der Waals surface area contributed by atoms with Crippen LogP contribution in [0.5, 0.6) is 5.75 Å². The fraction of sp³-hybridized carbons (Fsp3) is 0.324. The number of benzene rings is 2. The van der Waals surface area contributed by atoms with E-state index in [-0.39, 0.29) is 5.78 Å². The van der Waals surface area contributed by atoms with Crippen molar-refractivity contribution < 1.29 is 9.53 Å². The molecular weight excluding hydrogens is 496 g/mol. The molecule has 0 saturated carbocycles. The molecule has 6 nitrogen and oxygen atoms in total. The van der Waals surface area contributed by atoms with Crippen LogP contribution in [0.3, 0.4) is 0 Å². The Morgan fingerprint density at radius 3 is 2.45 bits per heavy atom. The van der Waals surface area contributed by atoms with Crippen molar-refractivity contribution in [2.75, 3.05) is 31.1 Å². The average molecular weight is 535 g/mol. The molecule has 0 radical (unpaired) electrons. The summed E-state index contributed by atoms with van der Waals surface area (Å²) in [6.07, 6.45) is 7.15. The molecule has 0 bridgehead atoms. The van der Waals surface area contributed by atoms with Crippen LogP contribution in [0.25, 0.3) is 11.1 Å². The Kier molecular flexibility index (Phi) is 9.19. The predicted octanol–water partition coefficient (Wildman–Crippen LogP) is 6.00. The van der Waals surface area contributed by atoms with Crippen molar-refractivity contribution in [1.29, 1.82) is 0 Å². The molecule has 3 heterocycles. The number of carbonyl (C=O) groups is 1. The van der Waals surface area contributed by atoms with Crippen LogP contribution >= 0.6 is 0 Å². The van der Waals surface area contributed by atoms with E-state index in [1.807, 2.05) is 48.8 Å². The maximum atomic E-state index is 12.5. The molecule has 1 saturated heterocycles. The zero-order valence-electron chi connectivity index (χ0n) is 23.5. The summed E-state index contributed by atoms with van der Waals surface area (Å²) in [5.41, 5.74) is 5.52. The van der Waals surface area contributed by atoms with Crippen LogP contribution in [0.4, 0.5) is 5.82 Å². The van der Waals surface area contributed by atoms with Gasteiger partial charge in [0.15, 0.2) is 0 Å². The fourth-order valence-corrected chi connectivity index (χ4v) is 5.16. The van der Waals surface area contributed by atoms with E-state index in [2.05, 4.69) is 70.0 Å². The van der Waals surface area contributed by atoms with Gasteiger partial charge in [-0.25, -0.2) is 4.98 Å². The number of aromatic nitrogens is 2. The topological polar surface area (TPSA) is 58.6 Å². The summed E-state index contributed by atoms with van der Waals surface area (Å²) in [7, 11) is 0. The first kappa shape index (κ1) is 27.5. The van der Waals surface area contributed by atoms with Crippen LogP contribution in [0.15, 0.2) is 91.4 Å². The first-order chi connectivity index (χ1) is 19.5. The van der Waals surface area contributed by atoms with Gasteiger partial charge in [0.2, 0.25) is 0 Å². The zero-order chi connectivity index (χ0) is 27.7. The summed E-state index contributed by atoms with van der Waals surface area (Å²) in [5, 5.41) is 0. The summed E-state index contributed by atoms with van der Waals surface area (Å²) < 4.78 is 6.18. The van der Waals surface area contributed by atoms with Crippen molar-refractivity contribution in [3.8, 4) is 16.9 Å². The number of ketones is 1. The predicted molar refractivity (Wildman–Crippen MR) is 161 cm³/mol. The lowest BCUT2D eigenvalue weighted by Crippen LogP contribution is -2.49. The van der Waals surface area contributed by atoms with Gasteiger partial charge in [-0.15, -0.1) is 0 Å². The van der Waals surface area contributed by atoms with Crippen molar-refractivity contribution in [3.63, 3.8) is 0 Å². The number of pyridine rings is 2. The molecule has 0 atom stereocenters. The van der Waals surface area contributed by atoms with Gasteiger partial charge in [0.1, 0.15) is 24.0 Å². The minimum atomic E-state index is 0.227. The Morgan fingerprint density at radius 2 is 1.70 bits per heavy atom. The van der Waals surface area contributed by atoms with Crippen LogP contribution in [-0.2, 0) is 24.2 Å². The summed E-state index contributed by atoms with van der Waals surface area (Å²) >= 11 is 0. The van der Waals surface area contributed by atoms with Crippen molar-refractivity contribution in [1.82, 2.24) is 14.9 Å². The number of piperazine rings is 1. The summed E-state index contributed by atoms with van der Waals surface area (Å²) in [5.74, 6) is 2.05. The Hall–Kier alpha value is -4.03. The van der Waals surface area contributed by atoms with E-state index < -0.39 is 0 Å². The van der Waals surface area contributed by atoms with Crippen LogP contribution in [0, 0.1) is 0 Å². The maximum Gasteiger partial charge on any atom is 0.137 e. The molecule has 1 aliphatic rings. The highest BCUT2D eigenvalue weighted by atomic mass is 16.5. The average Bonchev–Trinajstić information content (AvgIpc) is 3.00. The van der Waals surface area contributed by atoms with Gasteiger partial charge in [0.05, 0.1) is 0 Å². The molecule has 0 amide bonds. The van der Waals surface area contributed by atoms with E-state index in [9.17, 15) is 4.79 Å². The lowest BCUT2D eigenvalue weighted by Gasteiger charge is -2.37.